The molecule has 0 atom stereocenters. The van der Waals surface area contributed by atoms with Crippen LogP contribution in [0.4, 0.5) is 5.95 Å². The molecule has 1 amide bonds. The quantitative estimate of drug-likeness (QED) is 0.661. The van der Waals surface area contributed by atoms with Gasteiger partial charge in [-0.15, -0.1) is 10.2 Å². The van der Waals surface area contributed by atoms with E-state index in [2.05, 4.69) is 15.1 Å². The van der Waals surface area contributed by atoms with Crippen LogP contribution in [0.2, 0.25) is 0 Å². The van der Waals surface area contributed by atoms with Crippen molar-refractivity contribution in [3.8, 4) is 5.75 Å². The second-order valence-electron chi connectivity index (χ2n) is 6.29. The number of methoxy groups -OCH3 is 1. The fraction of sp³-hybridized carbons (Fsp3) is 0.500. The molecule has 1 aliphatic heterocycles. The van der Waals surface area contributed by atoms with Crippen LogP contribution in [0.1, 0.15) is 5.56 Å². The van der Waals surface area contributed by atoms with E-state index in [1.165, 1.54) is 11.8 Å². The average Bonchev–Trinajstić information content (AvgIpc) is 3.07. The summed E-state index contributed by atoms with van der Waals surface area (Å²) in [6, 6.07) is 7.72. The van der Waals surface area contributed by atoms with Gasteiger partial charge in [0.25, 0.3) is 0 Å². The van der Waals surface area contributed by atoms with E-state index < -0.39 is 0 Å². The van der Waals surface area contributed by atoms with Gasteiger partial charge in [0.1, 0.15) is 5.75 Å². The highest BCUT2D eigenvalue weighted by Crippen LogP contribution is 2.22. The molecule has 0 spiro atoms. The van der Waals surface area contributed by atoms with Crippen LogP contribution >= 0.6 is 11.8 Å². The first-order chi connectivity index (χ1) is 13.1. The summed E-state index contributed by atoms with van der Waals surface area (Å²) >= 11 is 1.40. The predicted octanol–water partition coefficient (Wildman–Crippen LogP) is 1.41. The lowest BCUT2D eigenvalue weighted by atomic mass is 10.2. The standard InChI is InChI=1S/C18H25N5O3S/c1-21(12-14-6-4-5-7-15(14)25-3)16(24)13-27-18-20-19-17(22(18)2)23-8-10-26-11-9-23/h4-7H,8-13H2,1-3H3. The summed E-state index contributed by atoms with van der Waals surface area (Å²) in [7, 11) is 5.36. The maximum absolute atomic E-state index is 12.5. The molecule has 1 saturated heterocycles. The fourth-order valence-corrected chi connectivity index (χ4v) is 3.73. The lowest BCUT2D eigenvalue weighted by Crippen LogP contribution is -2.37. The third-order valence-electron chi connectivity index (χ3n) is 4.46. The van der Waals surface area contributed by atoms with Crippen molar-refractivity contribution in [1.82, 2.24) is 19.7 Å². The molecule has 0 saturated carbocycles. The van der Waals surface area contributed by atoms with Gasteiger partial charge >= 0.3 is 0 Å². The van der Waals surface area contributed by atoms with E-state index in [4.69, 9.17) is 9.47 Å². The highest BCUT2D eigenvalue weighted by atomic mass is 32.2. The minimum atomic E-state index is 0.0295. The molecule has 2 aromatic rings. The van der Waals surface area contributed by atoms with Crippen LogP contribution < -0.4 is 9.64 Å². The largest absolute Gasteiger partial charge is 0.496 e. The Morgan fingerprint density at radius 1 is 1.30 bits per heavy atom. The summed E-state index contributed by atoms with van der Waals surface area (Å²) in [5.41, 5.74) is 0.981. The second kappa shape index (κ2) is 9.09. The monoisotopic (exact) mass is 391 g/mol. The van der Waals surface area contributed by atoms with Crippen LogP contribution in [0, 0.1) is 0 Å². The molecule has 146 valence electrons. The van der Waals surface area contributed by atoms with Gasteiger partial charge in [-0.2, -0.15) is 0 Å². The SMILES string of the molecule is COc1ccccc1CN(C)C(=O)CSc1nnc(N2CCOCC2)n1C. The lowest BCUT2D eigenvalue weighted by molar-refractivity contribution is -0.127. The number of benzene rings is 1. The summed E-state index contributed by atoms with van der Waals surface area (Å²) < 4.78 is 12.7. The molecule has 1 fully saturated rings. The number of amides is 1. The Hall–Kier alpha value is -2.26. The zero-order valence-electron chi connectivity index (χ0n) is 15.9. The first-order valence-corrected chi connectivity index (χ1v) is 9.79. The van der Waals surface area contributed by atoms with Gasteiger partial charge in [0.2, 0.25) is 11.9 Å². The number of thioether (sulfide) groups is 1. The van der Waals surface area contributed by atoms with Crippen molar-refractivity contribution in [2.45, 2.75) is 11.7 Å². The third-order valence-corrected chi connectivity index (χ3v) is 5.46. The molecule has 0 radical (unpaired) electrons. The van der Waals surface area contributed by atoms with Crippen LogP contribution in [0.15, 0.2) is 29.4 Å². The third kappa shape index (κ3) is 4.72. The Morgan fingerprint density at radius 3 is 2.78 bits per heavy atom. The second-order valence-corrected chi connectivity index (χ2v) is 7.23. The zero-order valence-corrected chi connectivity index (χ0v) is 16.7. The summed E-state index contributed by atoms with van der Waals surface area (Å²) in [5, 5.41) is 9.24. The van der Waals surface area contributed by atoms with E-state index in [9.17, 15) is 4.79 Å². The number of hydrogen-bond donors (Lipinski definition) is 0. The van der Waals surface area contributed by atoms with E-state index in [-0.39, 0.29) is 5.91 Å². The molecular formula is C18H25N5O3S. The van der Waals surface area contributed by atoms with Crippen molar-refractivity contribution in [2.24, 2.45) is 7.05 Å². The molecular weight excluding hydrogens is 366 g/mol. The number of hydrogen-bond acceptors (Lipinski definition) is 7. The van der Waals surface area contributed by atoms with E-state index in [1.54, 1.807) is 19.1 Å². The highest BCUT2D eigenvalue weighted by Gasteiger charge is 2.20. The van der Waals surface area contributed by atoms with Gasteiger partial charge in [-0.1, -0.05) is 30.0 Å². The molecule has 1 aromatic heterocycles. The van der Waals surface area contributed by atoms with Gasteiger partial charge in [-0.05, 0) is 6.07 Å². The summed E-state index contributed by atoms with van der Waals surface area (Å²) in [5.74, 6) is 1.94. The van der Waals surface area contributed by atoms with Crippen LogP contribution in [-0.4, -0.2) is 71.8 Å². The van der Waals surface area contributed by atoms with Crippen LogP contribution in [0.25, 0.3) is 0 Å². The van der Waals surface area contributed by atoms with Crippen molar-refractivity contribution in [3.63, 3.8) is 0 Å². The van der Waals surface area contributed by atoms with Gasteiger partial charge in [0.15, 0.2) is 5.16 Å². The number of morpholine rings is 1. The molecule has 9 heteroatoms. The zero-order chi connectivity index (χ0) is 19.2. The Balaban J connectivity index is 1.56. The summed E-state index contributed by atoms with van der Waals surface area (Å²) in [6.45, 7) is 3.50. The Morgan fingerprint density at radius 2 is 2.04 bits per heavy atom. The van der Waals surface area contributed by atoms with E-state index in [1.807, 2.05) is 35.9 Å². The first-order valence-electron chi connectivity index (χ1n) is 8.81. The van der Waals surface area contributed by atoms with E-state index >= 15 is 0 Å². The van der Waals surface area contributed by atoms with Crippen molar-refractivity contribution in [3.05, 3.63) is 29.8 Å². The van der Waals surface area contributed by atoms with Gasteiger partial charge < -0.3 is 19.3 Å². The van der Waals surface area contributed by atoms with E-state index in [0.29, 0.717) is 25.5 Å². The summed E-state index contributed by atoms with van der Waals surface area (Å²) in [4.78, 5) is 16.4. The van der Waals surface area contributed by atoms with Crippen molar-refractivity contribution >= 4 is 23.6 Å². The Kier molecular flexibility index (Phi) is 6.57. The number of para-hydroxylation sites is 1. The summed E-state index contributed by atoms with van der Waals surface area (Å²) in [6.07, 6.45) is 0. The average molecular weight is 391 g/mol. The molecule has 0 bridgehead atoms. The molecule has 8 nitrogen and oxygen atoms in total. The van der Waals surface area contributed by atoms with Crippen LogP contribution in [0.5, 0.6) is 5.75 Å². The molecule has 3 rings (SSSR count). The normalized spacial score (nSPS) is 14.3. The maximum Gasteiger partial charge on any atom is 0.233 e. The van der Waals surface area contributed by atoms with Crippen molar-refractivity contribution in [1.29, 1.82) is 0 Å². The van der Waals surface area contributed by atoms with Gasteiger partial charge in [-0.3, -0.25) is 9.36 Å². The number of carbonyl (C=O) groups excluding carboxylic acids is 1. The minimum Gasteiger partial charge on any atom is -0.496 e. The minimum absolute atomic E-state index is 0.0295. The molecule has 27 heavy (non-hydrogen) atoms. The van der Waals surface area contributed by atoms with Crippen LogP contribution in [-0.2, 0) is 23.1 Å². The molecule has 0 unspecified atom stereocenters. The smallest absolute Gasteiger partial charge is 0.233 e. The number of rotatable bonds is 7. The number of ether oxygens (including phenoxy) is 2. The van der Waals surface area contributed by atoms with Crippen molar-refractivity contribution in [2.75, 3.05) is 51.1 Å². The molecule has 1 aliphatic rings. The lowest BCUT2D eigenvalue weighted by Gasteiger charge is -2.27. The number of aromatic nitrogens is 3. The van der Waals surface area contributed by atoms with E-state index in [0.717, 1.165) is 35.5 Å². The Bertz CT molecular complexity index is 776. The van der Waals surface area contributed by atoms with Crippen LogP contribution in [0.3, 0.4) is 0 Å². The molecule has 0 N–H and O–H groups in total. The topological polar surface area (TPSA) is 72.7 Å². The van der Waals surface area contributed by atoms with Crippen molar-refractivity contribution < 1.29 is 14.3 Å². The number of nitrogens with zero attached hydrogens (tertiary/aromatic N) is 5. The maximum atomic E-state index is 12.5. The molecule has 1 aromatic carbocycles. The molecule has 0 aliphatic carbocycles. The fourth-order valence-electron chi connectivity index (χ4n) is 2.89. The number of anilines is 1. The first kappa shape index (κ1) is 19.5. The Labute approximate surface area is 163 Å². The molecule has 2 heterocycles. The van der Waals surface area contributed by atoms with Gasteiger partial charge in [0, 0.05) is 39.3 Å². The highest BCUT2D eigenvalue weighted by molar-refractivity contribution is 7.99. The predicted molar refractivity (Wildman–Crippen MR) is 104 cm³/mol. The van der Waals surface area contributed by atoms with Gasteiger partial charge in [-0.25, -0.2) is 0 Å². The van der Waals surface area contributed by atoms with Gasteiger partial charge in [0.05, 0.1) is 26.1 Å². The number of carbonyl (C=O) groups is 1.